The Labute approximate surface area is 113 Å². The van der Waals surface area contributed by atoms with E-state index < -0.39 is 0 Å². The van der Waals surface area contributed by atoms with Crippen molar-refractivity contribution >= 4 is 17.5 Å². The van der Waals surface area contributed by atoms with E-state index in [1.165, 1.54) is 0 Å². The second-order valence-electron chi connectivity index (χ2n) is 5.07. The molecule has 1 fully saturated rings. The molecule has 2 rings (SSSR count). The van der Waals surface area contributed by atoms with Crippen LogP contribution in [-0.4, -0.2) is 36.5 Å². The van der Waals surface area contributed by atoms with Crippen LogP contribution in [0.25, 0.3) is 0 Å². The quantitative estimate of drug-likeness (QED) is 0.892. The summed E-state index contributed by atoms with van der Waals surface area (Å²) >= 11 is 5.92. The molecule has 0 spiro atoms. The lowest BCUT2D eigenvalue weighted by atomic mass is 10.0. The van der Waals surface area contributed by atoms with E-state index in [4.69, 9.17) is 11.6 Å². The van der Waals surface area contributed by atoms with Crippen LogP contribution in [0.5, 0.6) is 0 Å². The summed E-state index contributed by atoms with van der Waals surface area (Å²) in [6.45, 7) is 6.72. The molecule has 4 heteroatoms. The van der Waals surface area contributed by atoms with Crippen molar-refractivity contribution in [2.45, 2.75) is 19.9 Å². The third-order valence-electron chi connectivity index (χ3n) is 3.37. The normalized spacial score (nSPS) is 20.2. The van der Waals surface area contributed by atoms with Gasteiger partial charge in [0.1, 0.15) is 0 Å². The van der Waals surface area contributed by atoms with Crippen molar-refractivity contribution in [2.75, 3.05) is 19.6 Å². The van der Waals surface area contributed by atoms with Gasteiger partial charge in [0.2, 0.25) is 0 Å². The van der Waals surface area contributed by atoms with Gasteiger partial charge in [-0.1, -0.05) is 31.5 Å². The number of hydrogen-bond acceptors (Lipinski definition) is 2. The standard InChI is InChI=1S/C14H19ClN2O/c1-10(2)13-9-17(7-6-16-13)14(18)11-4-3-5-12(15)8-11/h3-5,8,10,13,16H,6-7,9H2,1-2H3. The first-order chi connectivity index (χ1) is 8.58. The van der Waals surface area contributed by atoms with E-state index in [1.807, 2.05) is 17.0 Å². The average molecular weight is 267 g/mol. The lowest BCUT2D eigenvalue weighted by molar-refractivity contribution is 0.0684. The maximum Gasteiger partial charge on any atom is 0.254 e. The monoisotopic (exact) mass is 266 g/mol. The minimum atomic E-state index is 0.0738. The molecule has 1 aliphatic heterocycles. The fourth-order valence-electron chi connectivity index (χ4n) is 2.21. The first-order valence-electron chi connectivity index (χ1n) is 6.36. The average Bonchev–Trinajstić information content (AvgIpc) is 2.38. The number of piperazine rings is 1. The van der Waals surface area contributed by atoms with Crippen LogP contribution in [0.4, 0.5) is 0 Å². The van der Waals surface area contributed by atoms with Gasteiger partial charge in [0, 0.05) is 36.3 Å². The molecule has 18 heavy (non-hydrogen) atoms. The van der Waals surface area contributed by atoms with Gasteiger partial charge >= 0.3 is 0 Å². The molecular formula is C14H19ClN2O. The van der Waals surface area contributed by atoms with Crippen LogP contribution in [-0.2, 0) is 0 Å². The highest BCUT2D eigenvalue weighted by molar-refractivity contribution is 6.30. The van der Waals surface area contributed by atoms with E-state index in [9.17, 15) is 4.79 Å². The second-order valence-corrected chi connectivity index (χ2v) is 5.50. The Bertz CT molecular complexity index is 434. The molecule has 1 aliphatic rings. The van der Waals surface area contributed by atoms with Crippen LogP contribution in [0, 0.1) is 5.92 Å². The van der Waals surface area contributed by atoms with Gasteiger partial charge < -0.3 is 10.2 Å². The zero-order valence-corrected chi connectivity index (χ0v) is 11.6. The first-order valence-corrected chi connectivity index (χ1v) is 6.74. The van der Waals surface area contributed by atoms with Crippen LogP contribution < -0.4 is 5.32 Å². The SMILES string of the molecule is CC(C)C1CN(C(=O)c2cccc(Cl)c2)CCN1. The summed E-state index contributed by atoms with van der Waals surface area (Å²) in [5.74, 6) is 0.601. The van der Waals surface area contributed by atoms with E-state index in [-0.39, 0.29) is 5.91 Å². The summed E-state index contributed by atoms with van der Waals surface area (Å²) in [5, 5.41) is 4.05. The number of carbonyl (C=O) groups is 1. The van der Waals surface area contributed by atoms with E-state index in [0.717, 1.165) is 19.6 Å². The van der Waals surface area contributed by atoms with Crippen LogP contribution in [0.1, 0.15) is 24.2 Å². The van der Waals surface area contributed by atoms with Gasteiger partial charge in [-0.05, 0) is 24.1 Å². The van der Waals surface area contributed by atoms with Gasteiger partial charge in [0.05, 0.1) is 0 Å². The van der Waals surface area contributed by atoms with Gasteiger partial charge in [-0.2, -0.15) is 0 Å². The molecule has 0 bridgehead atoms. The number of halogens is 1. The maximum absolute atomic E-state index is 12.4. The van der Waals surface area contributed by atoms with Crippen molar-refractivity contribution in [3.8, 4) is 0 Å². The Kier molecular flexibility index (Phi) is 4.25. The van der Waals surface area contributed by atoms with Gasteiger partial charge in [0.15, 0.2) is 0 Å². The molecule has 0 aliphatic carbocycles. The smallest absolute Gasteiger partial charge is 0.254 e. The van der Waals surface area contributed by atoms with Crippen molar-refractivity contribution in [1.29, 1.82) is 0 Å². The van der Waals surface area contributed by atoms with Crippen molar-refractivity contribution in [3.63, 3.8) is 0 Å². The van der Waals surface area contributed by atoms with E-state index >= 15 is 0 Å². The van der Waals surface area contributed by atoms with Crippen LogP contribution in [0.15, 0.2) is 24.3 Å². The molecule has 98 valence electrons. The number of benzene rings is 1. The van der Waals surface area contributed by atoms with Gasteiger partial charge in [-0.25, -0.2) is 0 Å². The Balaban J connectivity index is 2.09. The number of amides is 1. The summed E-state index contributed by atoms with van der Waals surface area (Å²) in [6.07, 6.45) is 0. The number of rotatable bonds is 2. The van der Waals surface area contributed by atoms with E-state index in [1.54, 1.807) is 12.1 Å². The highest BCUT2D eigenvalue weighted by atomic mass is 35.5. The molecule has 1 saturated heterocycles. The molecule has 0 radical (unpaired) electrons. The molecule has 0 aromatic heterocycles. The van der Waals surface area contributed by atoms with Gasteiger partial charge in [-0.15, -0.1) is 0 Å². The summed E-state index contributed by atoms with van der Waals surface area (Å²) in [4.78, 5) is 14.3. The Morgan fingerprint density at radius 3 is 2.94 bits per heavy atom. The highest BCUT2D eigenvalue weighted by Crippen LogP contribution is 2.15. The Hall–Kier alpha value is -1.06. The lowest BCUT2D eigenvalue weighted by Gasteiger charge is -2.35. The molecule has 1 heterocycles. The molecule has 1 atom stereocenters. The molecule has 1 N–H and O–H groups in total. The lowest BCUT2D eigenvalue weighted by Crippen LogP contribution is -2.54. The summed E-state index contributed by atoms with van der Waals surface area (Å²) < 4.78 is 0. The Morgan fingerprint density at radius 2 is 2.28 bits per heavy atom. The van der Waals surface area contributed by atoms with E-state index in [0.29, 0.717) is 22.5 Å². The number of carbonyl (C=O) groups excluding carboxylic acids is 1. The van der Waals surface area contributed by atoms with Crippen LogP contribution in [0.3, 0.4) is 0 Å². The number of hydrogen-bond donors (Lipinski definition) is 1. The van der Waals surface area contributed by atoms with Gasteiger partial charge in [-0.3, -0.25) is 4.79 Å². The molecule has 1 unspecified atom stereocenters. The largest absolute Gasteiger partial charge is 0.336 e. The molecule has 1 aromatic carbocycles. The molecule has 0 saturated carbocycles. The van der Waals surface area contributed by atoms with Crippen LogP contribution >= 0.6 is 11.6 Å². The second kappa shape index (κ2) is 5.72. The molecule has 1 aromatic rings. The summed E-state index contributed by atoms with van der Waals surface area (Å²) in [6, 6.07) is 7.53. The highest BCUT2D eigenvalue weighted by Gasteiger charge is 2.25. The van der Waals surface area contributed by atoms with Crippen molar-refractivity contribution in [3.05, 3.63) is 34.9 Å². The van der Waals surface area contributed by atoms with E-state index in [2.05, 4.69) is 19.2 Å². The minimum absolute atomic E-state index is 0.0738. The number of nitrogens with one attached hydrogen (secondary N) is 1. The summed E-state index contributed by atoms with van der Waals surface area (Å²) in [7, 11) is 0. The predicted octanol–water partition coefficient (Wildman–Crippen LogP) is 2.41. The van der Waals surface area contributed by atoms with Crippen molar-refractivity contribution < 1.29 is 4.79 Å². The predicted molar refractivity (Wildman–Crippen MR) is 74.0 cm³/mol. The van der Waals surface area contributed by atoms with Crippen molar-refractivity contribution in [1.82, 2.24) is 10.2 Å². The maximum atomic E-state index is 12.4. The zero-order valence-electron chi connectivity index (χ0n) is 10.8. The fraction of sp³-hybridized carbons (Fsp3) is 0.500. The van der Waals surface area contributed by atoms with Gasteiger partial charge in [0.25, 0.3) is 5.91 Å². The topological polar surface area (TPSA) is 32.3 Å². The van der Waals surface area contributed by atoms with Crippen LogP contribution in [0.2, 0.25) is 5.02 Å². The third-order valence-corrected chi connectivity index (χ3v) is 3.60. The Morgan fingerprint density at radius 1 is 1.50 bits per heavy atom. The first kappa shape index (κ1) is 13.4. The summed E-state index contributed by atoms with van der Waals surface area (Å²) in [5.41, 5.74) is 0.673. The fourth-order valence-corrected chi connectivity index (χ4v) is 2.40. The minimum Gasteiger partial charge on any atom is -0.336 e. The van der Waals surface area contributed by atoms with Crippen molar-refractivity contribution in [2.24, 2.45) is 5.92 Å². The third kappa shape index (κ3) is 3.03. The molecule has 3 nitrogen and oxygen atoms in total. The zero-order chi connectivity index (χ0) is 13.1. The number of nitrogens with zero attached hydrogens (tertiary/aromatic N) is 1. The molecular weight excluding hydrogens is 248 g/mol. The molecule has 1 amide bonds.